The summed E-state index contributed by atoms with van der Waals surface area (Å²) in [4.78, 5) is 12.3. The number of halogens is 2. The minimum atomic E-state index is -1.16. The summed E-state index contributed by atoms with van der Waals surface area (Å²) in [5, 5.41) is 0. The second kappa shape index (κ2) is 11.3. The van der Waals surface area contributed by atoms with Gasteiger partial charge in [-0.1, -0.05) is 46.0 Å². The highest BCUT2D eigenvalue weighted by atomic mass is 19.2. The number of hydrogen-bond acceptors (Lipinski definition) is 3. The van der Waals surface area contributed by atoms with Crippen molar-refractivity contribution in [2.24, 2.45) is 11.8 Å². The molecule has 2 rings (SSSR count). The first-order chi connectivity index (χ1) is 13.1. The van der Waals surface area contributed by atoms with Crippen molar-refractivity contribution in [3.05, 3.63) is 23.8 Å². The molecular formula is C22H32F2O3. The molecule has 0 atom stereocenters. The van der Waals surface area contributed by atoms with Crippen molar-refractivity contribution in [1.82, 2.24) is 0 Å². The van der Waals surface area contributed by atoms with Crippen molar-refractivity contribution >= 4 is 5.97 Å². The van der Waals surface area contributed by atoms with Crippen molar-refractivity contribution in [2.75, 3.05) is 6.61 Å². The van der Waals surface area contributed by atoms with E-state index in [1.807, 2.05) is 0 Å². The number of unbranched alkanes of at least 4 members (excludes halogenated alkanes) is 3. The Morgan fingerprint density at radius 2 is 1.63 bits per heavy atom. The quantitative estimate of drug-likeness (QED) is 0.265. The lowest BCUT2D eigenvalue weighted by Gasteiger charge is -2.26. The number of esters is 1. The molecule has 0 saturated heterocycles. The van der Waals surface area contributed by atoms with Crippen molar-refractivity contribution < 1.29 is 23.0 Å². The molecule has 0 amide bonds. The number of rotatable bonds is 10. The van der Waals surface area contributed by atoms with Crippen LogP contribution in [0.2, 0.25) is 0 Å². The van der Waals surface area contributed by atoms with Crippen LogP contribution in [-0.4, -0.2) is 12.6 Å². The zero-order valence-corrected chi connectivity index (χ0v) is 16.6. The zero-order valence-electron chi connectivity index (χ0n) is 16.6. The zero-order chi connectivity index (χ0) is 19.6. The number of carbonyl (C=O) groups excluding carboxylic acids is 1. The Morgan fingerprint density at radius 1 is 0.963 bits per heavy atom. The van der Waals surface area contributed by atoms with Gasteiger partial charge in [-0.05, 0) is 50.2 Å². The van der Waals surface area contributed by atoms with Crippen LogP contribution in [0.1, 0.15) is 78.1 Å². The van der Waals surface area contributed by atoms with Crippen molar-refractivity contribution in [1.29, 1.82) is 0 Å². The van der Waals surface area contributed by atoms with Crippen LogP contribution in [0.4, 0.5) is 8.78 Å². The highest BCUT2D eigenvalue weighted by Crippen LogP contribution is 2.34. The summed E-state index contributed by atoms with van der Waals surface area (Å²) in [6.07, 6.45) is 9.82. The van der Waals surface area contributed by atoms with Crippen LogP contribution in [-0.2, 0) is 4.79 Å². The highest BCUT2D eigenvalue weighted by molar-refractivity contribution is 5.75. The van der Waals surface area contributed by atoms with E-state index in [0.29, 0.717) is 12.5 Å². The van der Waals surface area contributed by atoms with Crippen LogP contribution < -0.4 is 9.47 Å². The van der Waals surface area contributed by atoms with Gasteiger partial charge in [0.1, 0.15) is 0 Å². The number of ether oxygens (including phenoxy) is 2. The summed E-state index contributed by atoms with van der Waals surface area (Å²) >= 11 is 0. The lowest BCUT2D eigenvalue weighted by atomic mass is 9.80. The van der Waals surface area contributed by atoms with Crippen LogP contribution >= 0.6 is 0 Å². The van der Waals surface area contributed by atoms with Gasteiger partial charge in [0.25, 0.3) is 0 Å². The molecule has 3 nitrogen and oxygen atoms in total. The lowest BCUT2D eigenvalue weighted by molar-refractivity contribution is -0.140. The molecular weight excluding hydrogens is 350 g/mol. The minimum Gasteiger partial charge on any atom is -0.490 e. The molecule has 0 spiro atoms. The third-order valence-corrected chi connectivity index (χ3v) is 5.35. The SMILES string of the molecule is CCCCCCOc1ccc(OC(=O)[C@H]2CC[C@H](CCC)CC2)c(F)c1F. The second-order valence-corrected chi connectivity index (χ2v) is 7.53. The van der Waals surface area contributed by atoms with Crippen LogP contribution in [0.25, 0.3) is 0 Å². The average molecular weight is 382 g/mol. The van der Waals surface area contributed by atoms with E-state index >= 15 is 0 Å². The van der Waals surface area contributed by atoms with Gasteiger partial charge in [-0.25, -0.2) is 0 Å². The van der Waals surface area contributed by atoms with Gasteiger partial charge < -0.3 is 9.47 Å². The van der Waals surface area contributed by atoms with Gasteiger partial charge in [0.15, 0.2) is 11.5 Å². The number of carbonyl (C=O) groups is 1. The van der Waals surface area contributed by atoms with Gasteiger partial charge in [0.2, 0.25) is 11.6 Å². The van der Waals surface area contributed by atoms with E-state index in [4.69, 9.17) is 9.47 Å². The number of benzene rings is 1. The maximum atomic E-state index is 14.2. The molecule has 1 aromatic rings. The molecule has 0 aliphatic heterocycles. The van der Waals surface area contributed by atoms with E-state index in [9.17, 15) is 13.6 Å². The first-order valence-corrected chi connectivity index (χ1v) is 10.4. The van der Waals surface area contributed by atoms with E-state index in [1.54, 1.807) is 0 Å². The van der Waals surface area contributed by atoms with Crippen LogP contribution in [0, 0.1) is 23.5 Å². The highest BCUT2D eigenvalue weighted by Gasteiger charge is 2.28. The molecule has 1 aromatic carbocycles. The maximum absolute atomic E-state index is 14.2. The molecule has 0 unspecified atom stereocenters. The third kappa shape index (κ3) is 6.47. The van der Waals surface area contributed by atoms with Gasteiger partial charge in [0, 0.05) is 0 Å². The summed E-state index contributed by atoms with van der Waals surface area (Å²) in [5.74, 6) is -2.76. The fourth-order valence-corrected chi connectivity index (χ4v) is 3.70. The normalized spacial score (nSPS) is 19.7. The van der Waals surface area contributed by atoms with E-state index in [-0.39, 0.29) is 17.4 Å². The Bertz CT molecular complexity index is 595. The molecule has 0 N–H and O–H groups in total. The van der Waals surface area contributed by atoms with E-state index in [0.717, 1.165) is 57.8 Å². The molecule has 0 radical (unpaired) electrons. The van der Waals surface area contributed by atoms with E-state index in [1.165, 1.54) is 18.6 Å². The lowest BCUT2D eigenvalue weighted by Crippen LogP contribution is -2.26. The van der Waals surface area contributed by atoms with Crippen molar-refractivity contribution in [2.45, 2.75) is 78.1 Å². The molecule has 152 valence electrons. The molecule has 27 heavy (non-hydrogen) atoms. The summed E-state index contributed by atoms with van der Waals surface area (Å²) in [6.45, 7) is 4.61. The average Bonchev–Trinajstić information content (AvgIpc) is 2.67. The van der Waals surface area contributed by atoms with Gasteiger partial charge in [-0.3, -0.25) is 4.79 Å². The van der Waals surface area contributed by atoms with E-state index < -0.39 is 17.6 Å². The second-order valence-electron chi connectivity index (χ2n) is 7.53. The summed E-state index contributed by atoms with van der Waals surface area (Å²) < 4.78 is 38.9. The van der Waals surface area contributed by atoms with Gasteiger partial charge >= 0.3 is 5.97 Å². The fourth-order valence-electron chi connectivity index (χ4n) is 3.70. The van der Waals surface area contributed by atoms with Crippen LogP contribution in [0.15, 0.2) is 12.1 Å². The molecule has 1 aliphatic rings. The smallest absolute Gasteiger partial charge is 0.314 e. The molecule has 0 bridgehead atoms. The molecule has 0 heterocycles. The van der Waals surface area contributed by atoms with Gasteiger partial charge in [0.05, 0.1) is 12.5 Å². The molecule has 1 saturated carbocycles. The monoisotopic (exact) mass is 382 g/mol. The Morgan fingerprint density at radius 3 is 2.30 bits per heavy atom. The largest absolute Gasteiger partial charge is 0.490 e. The Kier molecular flexibility index (Phi) is 9.02. The third-order valence-electron chi connectivity index (χ3n) is 5.35. The maximum Gasteiger partial charge on any atom is 0.314 e. The number of hydrogen-bond donors (Lipinski definition) is 0. The Hall–Kier alpha value is -1.65. The fraction of sp³-hybridized carbons (Fsp3) is 0.682. The van der Waals surface area contributed by atoms with E-state index in [2.05, 4.69) is 13.8 Å². The predicted molar refractivity (Wildman–Crippen MR) is 102 cm³/mol. The minimum absolute atomic E-state index is 0.135. The van der Waals surface area contributed by atoms with Crippen molar-refractivity contribution in [3.63, 3.8) is 0 Å². The molecule has 5 heteroatoms. The Labute approximate surface area is 161 Å². The predicted octanol–water partition coefficient (Wildman–Crippen LogP) is 6.44. The molecule has 0 aromatic heterocycles. The van der Waals surface area contributed by atoms with Gasteiger partial charge in [-0.2, -0.15) is 8.78 Å². The molecule has 1 aliphatic carbocycles. The topological polar surface area (TPSA) is 35.5 Å². The van der Waals surface area contributed by atoms with Gasteiger partial charge in [-0.15, -0.1) is 0 Å². The van der Waals surface area contributed by atoms with Crippen LogP contribution in [0.3, 0.4) is 0 Å². The van der Waals surface area contributed by atoms with Crippen LogP contribution in [0.5, 0.6) is 11.5 Å². The summed E-state index contributed by atoms with van der Waals surface area (Å²) in [7, 11) is 0. The standard InChI is InChI=1S/C22H32F2O3/c1-3-5-6-7-15-26-18-13-14-19(21(24)20(18)23)27-22(25)17-11-9-16(8-4-2)10-12-17/h13-14,16-17H,3-12,15H2,1-2H3/t16-,17-. The summed E-state index contributed by atoms with van der Waals surface area (Å²) in [6, 6.07) is 2.61. The molecule has 1 fully saturated rings. The van der Waals surface area contributed by atoms with Crippen molar-refractivity contribution in [3.8, 4) is 11.5 Å². The first kappa shape index (κ1) is 21.6. The summed E-state index contributed by atoms with van der Waals surface area (Å²) in [5.41, 5.74) is 0. The Balaban J connectivity index is 1.87. The first-order valence-electron chi connectivity index (χ1n) is 10.4.